The number of aryl methyl sites for hydroxylation is 1. The average Bonchev–Trinajstić information content (AvgIpc) is 3.14. The molecule has 1 saturated carbocycles. The Bertz CT molecular complexity index is 1080. The fourth-order valence-electron chi connectivity index (χ4n) is 4.83. The second kappa shape index (κ2) is 8.83. The van der Waals surface area contributed by atoms with Gasteiger partial charge in [-0.25, -0.2) is 0 Å². The zero-order valence-corrected chi connectivity index (χ0v) is 19.0. The molecule has 5 nitrogen and oxygen atoms in total. The van der Waals surface area contributed by atoms with Gasteiger partial charge < -0.3 is 16.0 Å². The van der Waals surface area contributed by atoms with Crippen LogP contribution in [0.3, 0.4) is 0 Å². The molecule has 0 spiro atoms. The fraction of sp³-hybridized carbons (Fsp3) is 0.462. The lowest BCUT2D eigenvalue weighted by Gasteiger charge is -2.30. The molecule has 0 radical (unpaired) electrons. The van der Waals surface area contributed by atoms with Crippen molar-refractivity contribution >= 4 is 16.8 Å². The zero-order valence-electron chi connectivity index (χ0n) is 19.0. The minimum Gasteiger partial charge on any atom is -0.354 e. The van der Waals surface area contributed by atoms with Crippen molar-refractivity contribution in [2.45, 2.75) is 77.3 Å². The van der Waals surface area contributed by atoms with E-state index in [0.717, 1.165) is 53.7 Å². The molecule has 0 saturated heterocycles. The van der Waals surface area contributed by atoms with E-state index >= 15 is 0 Å². The minimum atomic E-state index is -0.222. The van der Waals surface area contributed by atoms with Crippen LogP contribution in [0.5, 0.6) is 0 Å². The van der Waals surface area contributed by atoms with Crippen molar-refractivity contribution in [3.8, 4) is 11.3 Å². The number of nitrogens with zero attached hydrogens (tertiary/aromatic N) is 1. The largest absolute Gasteiger partial charge is 0.354 e. The van der Waals surface area contributed by atoms with E-state index in [-0.39, 0.29) is 23.9 Å². The van der Waals surface area contributed by atoms with Gasteiger partial charge in [-0.15, -0.1) is 0 Å². The Labute approximate surface area is 184 Å². The highest BCUT2D eigenvalue weighted by Gasteiger charge is 2.26. The molecular weight excluding hydrogens is 384 g/mol. The number of H-pyrrole nitrogens is 1. The molecule has 1 amide bonds. The van der Waals surface area contributed by atoms with Crippen LogP contribution in [0.1, 0.15) is 75.1 Å². The van der Waals surface area contributed by atoms with Crippen LogP contribution >= 0.6 is 0 Å². The topological polar surface area (TPSA) is 83.8 Å². The summed E-state index contributed by atoms with van der Waals surface area (Å²) in [7, 11) is 0. The highest BCUT2D eigenvalue weighted by molar-refractivity contribution is 5.93. The summed E-state index contributed by atoms with van der Waals surface area (Å²) in [6.07, 6.45) is 6.11. The molecule has 0 bridgehead atoms. The Morgan fingerprint density at radius 3 is 2.65 bits per heavy atom. The third-order valence-electron chi connectivity index (χ3n) is 6.67. The number of aromatic amines is 1. The predicted molar refractivity (Wildman–Crippen MR) is 127 cm³/mol. The standard InChI is InChI=1S/C26H34N4O/c1-15(2)24-20-14-18(17(4)26(31)30-23-8-6-5-7-21(23)27)9-10-22(20)29-25(24)19-11-12-28-16(3)13-19/h9-15,17,21,23,29H,5-8,27H2,1-4H3,(H,30,31)/t17?,21-,23-/m1/s1. The van der Waals surface area contributed by atoms with E-state index in [9.17, 15) is 4.79 Å². The van der Waals surface area contributed by atoms with Crippen molar-refractivity contribution in [2.75, 3.05) is 0 Å². The van der Waals surface area contributed by atoms with Crippen LogP contribution < -0.4 is 11.1 Å². The number of nitrogens with two attached hydrogens (primary N) is 1. The normalized spacial score (nSPS) is 20.2. The molecule has 2 heterocycles. The van der Waals surface area contributed by atoms with Gasteiger partial charge in [0.25, 0.3) is 0 Å². The number of fused-ring (bicyclic) bond motifs is 1. The van der Waals surface area contributed by atoms with E-state index in [1.54, 1.807) is 0 Å². The van der Waals surface area contributed by atoms with Crippen molar-refractivity contribution in [3.63, 3.8) is 0 Å². The van der Waals surface area contributed by atoms with Crippen molar-refractivity contribution in [3.05, 3.63) is 53.3 Å². The van der Waals surface area contributed by atoms with Crippen molar-refractivity contribution in [1.29, 1.82) is 0 Å². The molecule has 0 aliphatic heterocycles. The molecule has 1 aliphatic rings. The van der Waals surface area contributed by atoms with E-state index in [4.69, 9.17) is 5.73 Å². The lowest BCUT2D eigenvalue weighted by molar-refractivity contribution is -0.123. The number of aromatic nitrogens is 2. The number of rotatable bonds is 5. The molecule has 4 N–H and O–H groups in total. The number of amides is 1. The summed E-state index contributed by atoms with van der Waals surface area (Å²) in [4.78, 5) is 20.9. The van der Waals surface area contributed by atoms with Crippen LogP contribution in [0.4, 0.5) is 0 Å². The van der Waals surface area contributed by atoms with E-state index in [1.807, 2.05) is 26.1 Å². The molecule has 164 valence electrons. The monoisotopic (exact) mass is 418 g/mol. The Hall–Kier alpha value is -2.66. The Kier molecular flexibility index (Phi) is 6.15. The number of carbonyl (C=O) groups excluding carboxylic acids is 1. The first-order valence-electron chi connectivity index (χ1n) is 11.5. The minimum absolute atomic E-state index is 0.0633. The summed E-state index contributed by atoms with van der Waals surface area (Å²) >= 11 is 0. The quantitative estimate of drug-likeness (QED) is 0.536. The summed E-state index contributed by atoms with van der Waals surface area (Å²) in [6, 6.07) is 10.7. The first-order valence-corrected chi connectivity index (χ1v) is 11.5. The molecule has 5 heteroatoms. The number of carbonyl (C=O) groups is 1. The number of hydrogen-bond donors (Lipinski definition) is 3. The molecule has 2 aromatic heterocycles. The van der Waals surface area contributed by atoms with E-state index < -0.39 is 0 Å². The van der Waals surface area contributed by atoms with Crippen LogP contribution in [0.25, 0.3) is 22.2 Å². The molecule has 4 rings (SSSR count). The molecule has 1 unspecified atom stereocenters. The molecule has 1 fully saturated rings. The van der Waals surface area contributed by atoms with Gasteiger partial charge in [0.1, 0.15) is 0 Å². The van der Waals surface area contributed by atoms with Crippen molar-refractivity contribution in [2.24, 2.45) is 5.73 Å². The van der Waals surface area contributed by atoms with Crippen LogP contribution in [0.15, 0.2) is 36.5 Å². The van der Waals surface area contributed by atoms with E-state index in [1.165, 1.54) is 10.9 Å². The molecule has 1 aromatic carbocycles. The molecular formula is C26H34N4O. The lowest BCUT2D eigenvalue weighted by atomic mass is 9.89. The van der Waals surface area contributed by atoms with Gasteiger partial charge in [-0.1, -0.05) is 32.8 Å². The van der Waals surface area contributed by atoms with Gasteiger partial charge in [0, 0.05) is 40.4 Å². The van der Waals surface area contributed by atoms with Crippen molar-refractivity contribution < 1.29 is 4.79 Å². The number of pyridine rings is 1. The van der Waals surface area contributed by atoms with Gasteiger partial charge in [0.2, 0.25) is 5.91 Å². The second-order valence-corrected chi connectivity index (χ2v) is 9.34. The summed E-state index contributed by atoms with van der Waals surface area (Å²) in [5.41, 5.74) is 12.9. The maximum atomic E-state index is 13.0. The van der Waals surface area contributed by atoms with Crippen LogP contribution in [0, 0.1) is 6.92 Å². The highest BCUT2D eigenvalue weighted by atomic mass is 16.1. The van der Waals surface area contributed by atoms with Crippen LogP contribution in [-0.2, 0) is 4.79 Å². The van der Waals surface area contributed by atoms with Crippen molar-refractivity contribution in [1.82, 2.24) is 15.3 Å². The predicted octanol–water partition coefficient (Wildman–Crippen LogP) is 5.15. The fourth-order valence-corrected chi connectivity index (χ4v) is 4.83. The Morgan fingerprint density at radius 1 is 1.16 bits per heavy atom. The van der Waals surface area contributed by atoms with Gasteiger partial charge >= 0.3 is 0 Å². The highest BCUT2D eigenvalue weighted by Crippen LogP contribution is 2.37. The molecule has 3 aromatic rings. The van der Waals surface area contributed by atoms with E-state index in [0.29, 0.717) is 5.92 Å². The number of hydrogen-bond acceptors (Lipinski definition) is 3. The SMILES string of the molecule is Cc1cc(-c2[nH]c3ccc(C(C)C(=O)N[C@@H]4CCCC[C@H]4N)cc3c2C(C)C)ccn1. The third-order valence-corrected chi connectivity index (χ3v) is 6.67. The van der Waals surface area contributed by atoms with Gasteiger partial charge in [0.05, 0.1) is 11.6 Å². The number of benzene rings is 1. The average molecular weight is 419 g/mol. The maximum Gasteiger partial charge on any atom is 0.227 e. The summed E-state index contributed by atoms with van der Waals surface area (Å²) < 4.78 is 0. The first kappa shape index (κ1) is 21.6. The lowest BCUT2D eigenvalue weighted by Crippen LogP contribution is -2.50. The van der Waals surface area contributed by atoms with Gasteiger partial charge in [-0.2, -0.15) is 0 Å². The third kappa shape index (κ3) is 4.38. The van der Waals surface area contributed by atoms with Crippen LogP contribution in [0.2, 0.25) is 0 Å². The molecule has 31 heavy (non-hydrogen) atoms. The zero-order chi connectivity index (χ0) is 22.1. The van der Waals surface area contributed by atoms with Gasteiger partial charge in [0.15, 0.2) is 0 Å². The number of nitrogens with one attached hydrogen (secondary N) is 2. The first-order chi connectivity index (χ1) is 14.8. The Balaban J connectivity index is 1.67. The second-order valence-electron chi connectivity index (χ2n) is 9.34. The summed E-state index contributed by atoms with van der Waals surface area (Å²) in [5.74, 6) is 0.185. The molecule has 1 aliphatic carbocycles. The van der Waals surface area contributed by atoms with Crippen LogP contribution in [-0.4, -0.2) is 28.0 Å². The maximum absolute atomic E-state index is 13.0. The molecule has 3 atom stereocenters. The smallest absolute Gasteiger partial charge is 0.227 e. The van der Waals surface area contributed by atoms with E-state index in [2.05, 4.69) is 53.4 Å². The summed E-state index contributed by atoms with van der Waals surface area (Å²) in [6.45, 7) is 8.43. The van der Waals surface area contributed by atoms with Gasteiger partial charge in [-0.3, -0.25) is 9.78 Å². The van der Waals surface area contributed by atoms with Gasteiger partial charge in [-0.05, 0) is 68.0 Å². The summed E-state index contributed by atoms with van der Waals surface area (Å²) in [5, 5.41) is 4.40. The Morgan fingerprint density at radius 2 is 1.94 bits per heavy atom.